The molecule has 8 heteroatoms. The highest BCUT2D eigenvalue weighted by atomic mass is 16.6. The molecule has 8 nitrogen and oxygen atoms in total. The van der Waals surface area contributed by atoms with Gasteiger partial charge < -0.3 is 23.8 Å². The van der Waals surface area contributed by atoms with E-state index in [-0.39, 0.29) is 42.7 Å². The maximum absolute atomic E-state index is 12.7. The molecule has 2 atom stereocenters. The number of hydrogen-bond donors (Lipinski definition) is 1. The van der Waals surface area contributed by atoms with Crippen LogP contribution in [-0.4, -0.2) is 80.6 Å². The number of rotatable bonds is 38. The molecule has 0 aliphatic heterocycles. The number of ether oxygens (including phenoxy) is 3. The molecule has 0 fully saturated rings. The Labute approximate surface area is 359 Å². The number of quaternary nitrogens is 1. The first-order valence-corrected chi connectivity index (χ1v) is 22.5. The molecule has 0 aliphatic rings. The molecule has 332 valence electrons. The Morgan fingerprint density at radius 3 is 1.53 bits per heavy atom. The van der Waals surface area contributed by atoms with Gasteiger partial charge in [-0.25, -0.2) is 4.79 Å². The minimum absolute atomic E-state index is 0.0326. The molecule has 0 aromatic carbocycles. The quantitative estimate of drug-likeness (QED) is 0.0218. The topological polar surface area (TPSA) is 99.1 Å². The number of nitrogens with zero attached hydrogens (tertiary/aromatic N) is 1. The summed E-state index contributed by atoms with van der Waals surface area (Å²) in [7, 11) is 5.49. The summed E-state index contributed by atoms with van der Waals surface area (Å²) in [4.78, 5) is 37.0. The lowest BCUT2D eigenvalue weighted by molar-refractivity contribution is -0.887. The molecule has 0 spiro atoms. The normalized spacial score (nSPS) is 14.0. The minimum Gasteiger partial charge on any atom is -0.477 e. The number of esters is 2. The average Bonchev–Trinajstić information content (AvgIpc) is 3.19. The lowest BCUT2D eigenvalue weighted by atomic mass is 10.1. The van der Waals surface area contributed by atoms with Gasteiger partial charge in [0.25, 0.3) is 0 Å². The first kappa shape index (κ1) is 55.0. The van der Waals surface area contributed by atoms with Crippen LogP contribution >= 0.6 is 0 Å². The molecule has 0 aromatic heterocycles. The van der Waals surface area contributed by atoms with E-state index in [2.05, 4.69) is 111 Å². The average molecular weight is 821 g/mol. The fourth-order valence-corrected chi connectivity index (χ4v) is 5.80. The fraction of sp³-hybridized carbons (Fsp3) is 0.588. The van der Waals surface area contributed by atoms with Crippen LogP contribution in [0.25, 0.3) is 0 Å². The van der Waals surface area contributed by atoms with Gasteiger partial charge in [-0.2, -0.15) is 0 Å². The van der Waals surface area contributed by atoms with Gasteiger partial charge >= 0.3 is 17.9 Å². The first-order chi connectivity index (χ1) is 28.6. The Kier molecular flexibility index (Phi) is 38.0. The van der Waals surface area contributed by atoms with E-state index in [1.807, 2.05) is 33.3 Å². The number of carboxylic acid groups (broad SMARTS) is 1. The van der Waals surface area contributed by atoms with Gasteiger partial charge in [0.15, 0.2) is 12.1 Å². The molecule has 0 aliphatic carbocycles. The van der Waals surface area contributed by atoms with Crippen molar-refractivity contribution in [1.82, 2.24) is 0 Å². The molecule has 2 unspecified atom stereocenters. The number of unbranched alkanes of at least 4 members (excludes halogenated alkanes) is 8. The summed E-state index contributed by atoms with van der Waals surface area (Å²) in [6.45, 7) is 4.40. The summed E-state index contributed by atoms with van der Waals surface area (Å²) in [5, 5.41) is 9.62. The van der Waals surface area contributed by atoms with Crippen LogP contribution in [0.4, 0.5) is 0 Å². The number of aliphatic carboxylic acids is 1. The van der Waals surface area contributed by atoms with Crippen LogP contribution in [0.15, 0.2) is 109 Å². The van der Waals surface area contributed by atoms with Crippen molar-refractivity contribution in [3.63, 3.8) is 0 Å². The third-order valence-corrected chi connectivity index (χ3v) is 9.23. The van der Waals surface area contributed by atoms with Gasteiger partial charge in [-0.05, 0) is 83.5 Å². The number of carboxylic acids is 1. The summed E-state index contributed by atoms with van der Waals surface area (Å²) in [6.07, 6.45) is 55.6. The van der Waals surface area contributed by atoms with Crippen LogP contribution in [0, 0.1) is 0 Å². The Bertz CT molecular complexity index is 1330. The van der Waals surface area contributed by atoms with Crippen molar-refractivity contribution in [2.45, 2.75) is 154 Å². The molecular weight excluding hydrogens is 739 g/mol. The molecular formula is C51H82NO7+. The largest absolute Gasteiger partial charge is 0.477 e. The van der Waals surface area contributed by atoms with Crippen molar-refractivity contribution in [2.75, 3.05) is 41.0 Å². The van der Waals surface area contributed by atoms with Crippen LogP contribution in [0.5, 0.6) is 0 Å². The highest BCUT2D eigenvalue weighted by molar-refractivity contribution is 5.72. The number of carbonyl (C=O) groups is 3. The van der Waals surface area contributed by atoms with Crippen molar-refractivity contribution in [3.8, 4) is 0 Å². The molecule has 0 aromatic rings. The minimum atomic E-state index is -0.890. The lowest BCUT2D eigenvalue weighted by Gasteiger charge is -2.31. The fourth-order valence-electron chi connectivity index (χ4n) is 5.80. The van der Waals surface area contributed by atoms with Crippen molar-refractivity contribution < 1.29 is 38.2 Å². The second-order valence-electron chi connectivity index (χ2n) is 15.6. The molecule has 0 bridgehead atoms. The number of hydrogen-bond acceptors (Lipinski definition) is 6. The summed E-state index contributed by atoms with van der Waals surface area (Å²) in [5.74, 6) is -1.56. The van der Waals surface area contributed by atoms with Crippen LogP contribution < -0.4 is 0 Å². The maximum Gasteiger partial charge on any atom is 0.362 e. The van der Waals surface area contributed by atoms with E-state index in [0.29, 0.717) is 19.3 Å². The van der Waals surface area contributed by atoms with Crippen molar-refractivity contribution in [3.05, 3.63) is 109 Å². The van der Waals surface area contributed by atoms with E-state index in [9.17, 15) is 19.5 Å². The van der Waals surface area contributed by atoms with E-state index in [4.69, 9.17) is 14.2 Å². The Morgan fingerprint density at radius 2 is 0.983 bits per heavy atom. The molecule has 1 N–H and O–H groups in total. The summed E-state index contributed by atoms with van der Waals surface area (Å²) in [5.41, 5.74) is 0. The standard InChI is InChI=1S/C51H81NO7/c1-6-8-10-12-14-16-18-20-21-22-23-24-25-26-27-28-30-32-34-36-38-40-42-50(54)59-47(45-57-44-43-48(51(55)56)52(3,4)5)46-58-49(53)41-39-37-35-33-31-29-19-17-15-13-11-9-7-2/h8-11,13-17,19-21,23-24,26-27,30,32,47-48H,6-7,12,18,22,25,28-29,31,33-46H2,1-5H3/p+1/b10-8+,11-9+,15-13+,16-14+,19-17+,21-20+,24-23+,27-26+,32-30+. The second-order valence-corrected chi connectivity index (χ2v) is 15.6. The summed E-state index contributed by atoms with van der Waals surface area (Å²) < 4.78 is 17.2. The molecule has 0 radical (unpaired) electrons. The molecule has 59 heavy (non-hydrogen) atoms. The Hall–Kier alpha value is -4.01. The highest BCUT2D eigenvalue weighted by Gasteiger charge is 2.31. The monoisotopic (exact) mass is 821 g/mol. The van der Waals surface area contributed by atoms with Gasteiger partial charge in [0.1, 0.15) is 6.61 Å². The SMILES string of the molecule is CC/C=C/C=C/C=C/CCCCCCCC(=O)OCC(COCCC(C(=O)O)[N+](C)(C)C)OC(=O)CCCCC/C=C/C/C=C/C/C=C/C/C=C/C/C=C/C/C=C/CC. The van der Waals surface area contributed by atoms with Gasteiger partial charge in [-0.1, -0.05) is 149 Å². The predicted molar refractivity (Wildman–Crippen MR) is 247 cm³/mol. The van der Waals surface area contributed by atoms with Crippen molar-refractivity contribution in [2.24, 2.45) is 0 Å². The molecule has 0 saturated heterocycles. The Morgan fingerprint density at radius 1 is 0.525 bits per heavy atom. The molecule has 0 rings (SSSR count). The van der Waals surface area contributed by atoms with E-state index in [1.165, 1.54) is 0 Å². The van der Waals surface area contributed by atoms with E-state index >= 15 is 0 Å². The van der Waals surface area contributed by atoms with Gasteiger partial charge in [0.2, 0.25) is 0 Å². The van der Waals surface area contributed by atoms with Gasteiger partial charge in [-0.15, -0.1) is 0 Å². The van der Waals surface area contributed by atoms with Crippen LogP contribution in [0.1, 0.15) is 142 Å². The van der Waals surface area contributed by atoms with Crippen LogP contribution in [-0.2, 0) is 28.6 Å². The maximum atomic E-state index is 12.7. The number of allylic oxidation sites excluding steroid dienone is 18. The van der Waals surface area contributed by atoms with Crippen LogP contribution in [0.2, 0.25) is 0 Å². The van der Waals surface area contributed by atoms with Crippen molar-refractivity contribution >= 4 is 17.9 Å². The van der Waals surface area contributed by atoms with E-state index < -0.39 is 18.1 Å². The van der Waals surface area contributed by atoms with Crippen molar-refractivity contribution in [1.29, 1.82) is 0 Å². The molecule has 0 saturated carbocycles. The van der Waals surface area contributed by atoms with Gasteiger partial charge in [-0.3, -0.25) is 9.59 Å². The summed E-state index contributed by atoms with van der Waals surface area (Å²) in [6, 6.07) is -0.631. The zero-order valence-electron chi connectivity index (χ0n) is 37.7. The zero-order chi connectivity index (χ0) is 43.5. The van der Waals surface area contributed by atoms with Gasteiger partial charge in [0.05, 0.1) is 34.4 Å². The summed E-state index contributed by atoms with van der Waals surface area (Å²) >= 11 is 0. The first-order valence-electron chi connectivity index (χ1n) is 22.5. The predicted octanol–water partition coefficient (Wildman–Crippen LogP) is 12.5. The number of likely N-dealkylation sites (N-methyl/N-ethyl adjacent to an activating group) is 1. The van der Waals surface area contributed by atoms with Gasteiger partial charge in [0, 0.05) is 19.3 Å². The third-order valence-electron chi connectivity index (χ3n) is 9.23. The molecule has 0 amide bonds. The van der Waals surface area contributed by atoms with E-state index in [1.54, 1.807) is 0 Å². The third kappa shape index (κ3) is 39.2. The second kappa shape index (κ2) is 40.8. The molecule has 0 heterocycles. The smallest absolute Gasteiger partial charge is 0.362 e. The zero-order valence-corrected chi connectivity index (χ0v) is 37.7. The van der Waals surface area contributed by atoms with E-state index in [0.717, 1.165) is 103 Å². The lowest BCUT2D eigenvalue weighted by Crippen LogP contribution is -2.50. The Balaban J connectivity index is 4.44. The highest BCUT2D eigenvalue weighted by Crippen LogP contribution is 2.12. The number of carbonyl (C=O) groups excluding carboxylic acids is 2. The van der Waals surface area contributed by atoms with Crippen LogP contribution in [0.3, 0.4) is 0 Å².